The van der Waals surface area contributed by atoms with Crippen LogP contribution in [0.25, 0.3) is 0 Å². The fourth-order valence-electron chi connectivity index (χ4n) is 3.33. The molecule has 3 rings (SSSR count). The number of hydrogen-bond donors (Lipinski definition) is 1. The highest BCUT2D eigenvalue weighted by Crippen LogP contribution is 2.19. The minimum Gasteiger partial charge on any atom is -0.489 e. The summed E-state index contributed by atoms with van der Waals surface area (Å²) in [5.41, 5.74) is 2.86. The average molecular weight is 408 g/mol. The maximum Gasteiger partial charge on any atom is 0.338 e. The van der Waals surface area contributed by atoms with Crippen molar-refractivity contribution in [2.24, 2.45) is 0 Å². The maximum atomic E-state index is 12.3. The number of esters is 1. The molecule has 1 aliphatic rings. The largest absolute Gasteiger partial charge is 0.489 e. The first-order valence-corrected chi connectivity index (χ1v) is 10.6. The third kappa shape index (κ3) is 6.76. The molecular formula is C25H29NO4. The summed E-state index contributed by atoms with van der Waals surface area (Å²) in [6, 6.07) is 16.6. The second-order valence-electron chi connectivity index (χ2n) is 7.50. The Morgan fingerprint density at radius 2 is 1.80 bits per heavy atom. The highest BCUT2D eigenvalue weighted by atomic mass is 16.5. The van der Waals surface area contributed by atoms with E-state index in [2.05, 4.69) is 11.4 Å². The summed E-state index contributed by atoms with van der Waals surface area (Å²) < 4.78 is 11.0. The maximum absolute atomic E-state index is 12.3. The van der Waals surface area contributed by atoms with Gasteiger partial charge >= 0.3 is 5.97 Å². The van der Waals surface area contributed by atoms with Crippen LogP contribution in [0, 0.1) is 0 Å². The van der Waals surface area contributed by atoms with Crippen molar-refractivity contribution in [1.82, 2.24) is 5.32 Å². The Morgan fingerprint density at radius 3 is 2.50 bits per heavy atom. The molecule has 1 aliphatic carbocycles. The fourth-order valence-corrected chi connectivity index (χ4v) is 3.33. The van der Waals surface area contributed by atoms with Crippen molar-refractivity contribution in [3.05, 3.63) is 77.4 Å². The van der Waals surface area contributed by atoms with Crippen molar-refractivity contribution < 1.29 is 19.1 Å². The molecular weight excluding hydrogens is 378 g/mol. The SMILES string of the molecule is C[C@@H](OC(=O)c1ccc(OCc2ccccc2)cc1)C(=O)NCCC1=CCCCC1. The minimum absolute atomic E-state index is 0.275. The molecule has 30 heavy (non-hydrogen) atoms. The highest BCUT2D eigenvalue weighted by Gasteiger charge is 2.18. The first-order valence-electron chi connectivity index (χ1n) is 10.6. The number of allylic oxidation sites excluding steroid dienone is 1. The lowest BCUT2D eigenvalue weighted by molar-refractivity contribution is -0.129. The van der Waals surface area contributed by atoms with Gasteiger partial charge in [0.05, 0.1) is 5.56 Å². The second kappa shape index (κ2) is 11.2. The molecule has 5 heteroatoms. The Hall–Kier alpha value is -3.08. The van der Waals surface area contributed by atoms with Crippen molar-refractivity contribution in [1.29, 1.82) is 0 Å². The van der Waals surface area contributed by atoms with Gasteiger partial charge in [-0.25, -0.2) is 4.79 Å². The molecule has 2 aromatic rings. The molecule has 1 atom stereocenters. The average Bonchev–Trinajstić information content (AvgIpc) is 2.79. The molecule has 1 N–H and O–H groups in total. The number of ether oxygens (including phenoxy) is 2. The summed E-state index contributed by atoms with van der Waals surface area (Å²) in [7, 11) is 0. The van der Waals surface area contributed by atoms with Crippen LogP contribution in [-0.4, -0.2) is 24.5 Å². The lowest BCUT2D eigenvalue weighted by atomic mass is 9.97. The van der Waals surface area contributed by atoms with Crippen LogP contribution in [-0.2, 0) is 16.1 Å². The highest BCUT2D eigenvalue weighted by molar-refractivity contribution is 5.92. The number of benzene rings is 2. The van der Waals surface area contributed by atoms with Gasteiger partial charge in [-0.1, -0.05) is 42.0 Å². The first-order chi connectivity index (χ1) is 14.6. The van der Waals surface area contributed by atoms with Crippen LogP contribution in [0.2, 0.25) is 0 Å². The third-order valence-corrected chi connectivity index (χ3v) is 5.12. The van der Waals surface area contributed by atoms with Gasteiger partial charge in [-0.3, -0.25) is 4.79 Å². The lowest BCUT2D eigenvalue weighted by Crippen LogP contribution is -2.36. The summed E-state index contributed by atoms with van der Waals surface area (Å²) in [5.74, 6) is -0.136. The fraction of sp³-hybridized carbons (Fsp3) is 0.360. The number of carbonyl (C=O) groups is 2. The number of nitrogens with one attached hydrogen (secondary N) is 1. The molecule has 0 aromatic heterocycles. The summed E-state index contributed by atoms with van der Waals surface area (Å²) in [4.78, 5) is 24.5. The molecule has 2 aromatic carbocycles. The normalized spacial score (nSPS) is 14.4. The first kappa shape index (κ1) is 21.6. The molecule has 0 spiro atoms. The van der Waals surface area contributed by atoms with Crippen LogP contribution in [0.1, 0.15) is 54.9 Å². The molecule has 0 fully saturated rings. The Bertz CT molecular complexity index is 858. The molecule has 158 valence electrons. The Balaban J connectivity index is 1.41. The van der Waals surface area contributed by atoms with E-state index in [1.807, 2.05) is 30.3 Å². The number of carbonyl (C=O) groups excluding carboxylic acids is 2. The van der Waals surface area contributed by atoms with Gasteiger partial charge in [0.1, 0.15) is 12.4 Å². The molecule has 0 bridgehead atoms. The summed E-state index contributed by atoms with van der Waals surface area (Å²) in [5, 5.41) is 2.85. The predicted molar refractivity (Wildman–Crippen MR) is 116 cm³/mol. The molecule has 0 unspecified atom stereocenters. The number of hydrogen-bond acceptors (Lipinski definition) is 4. The van der Waals surface area contributed by atoms with E-state index < -0.39 is 12.1 Å². The van der Waals surface area contributed by atoms with Crippen LogP contribution < -0.4 is 10.1 Å². The van der Waals surface area contributed by atoms with E-state index in [9.17, 15) is 9.59 Å². The van der Waals surface area contributed by atoms with E-state index in [0.717, 1.165) is 24.8 Å². The predicted octanol–water partition coefficient (Wildman–Crippen LogP) is 4.82. The van der Waals surface area contributed by atoms with Crippen molar-refractivity contribution in [3.63, 3.8) is 0 Å². The minimum atomic E-state index is -0.841. The smallest absolute Gasteiger partial charge is 0.338 e. The Kier molecular flexibility index (Phi) is 8.07. The van der Waals surface area contributed by atoms with Crippen molar-refractivity contribution in [2.45, 2.75) is 51.7 Å². The van der Waals surface area contributed by atoms with Gasteiger partial charge in [-0.15, -0.1) is 0 Å². The molecule has 0 saturated heterocycles. The number of rotatable bonds is 9. The molecule has 0 radical (unpaired) electrons. The Morgan fingerprint density at radius 1 is 1.03 bits per heavy atom. The second-order valence-corrected chi connectivity index (χ2v) is 7.50. The van der Waals surface area contributed by atoms with Crippen LogP contribution in [0.4, 0.5) is 0 Å². The quantitative estimate of drug-likeness (QED) is 0.478. The zero-order chi connectivity index (χ0) is 21.2. The van der Waals surface area contributed by atoms with Gasteiger partial charge in [0.15, 0.2) is 6.10 Å². The van der Waals surface area contributed by atoms with Gasteiger partial charge < -0.3 is 14.8 Å². The molecule has 1 amide bonds. The van der Waals surface area contributed by atoms with Gasteiger partial charge in [0.25, 0.3) is 5.91 Å². The zero-order valence-corrected chi connectivity index (χ0v) is 17.4. The standard InChI is InChI=1S/C25H29NO4/c1-19(24(27)26-17-16-20-8-4-2-5-9-20)30-25(28)22-12-14-23(15-13-22)29-18-21-10-6-3-7-11-21/h3,6-8,10-15,19H,2,4-5,9,16-18H2,1H3,(H,26,27)/t19-/m1/s1. The van der Waals surface area contributed by atoms with E-state index >= 15 is 0 Å². The van der Waals surface area contributed by atoms with Gasteiger partial charge in [-0.2, -0.15) is 0 Å². The van der Waals surface area contributed by atoms with Crippen LogP contribution in [0.3, 0.4) is 0 Å². The molecule has 0 heterocycles. The summed E-state index contributed by atoms with van der Waals surface area (Å²) in [6.45, 7) is 2.61. The summed E-state index contributed by atoms with van der Waals surface area (Å²) in [6.07, 6.45) is 7.02. The van der Waals surface area contributed by atoms with Crippen molar-refractivity contribution in [2.75, 3.05) is 6.54 Å². The van der Waals surface area contributed by atoms with Crippen molar-refractivity contribution >= 4 is 11.9 Å². The van der Waals surface area contributed by atoms with Gasteiger partial charge in [0.2, 0.25) is 0 Å². The molecule has 0 aliphatic heterocycles. The number of amides is 1. The van der Waals surface area contributed by atoms with Crippen LogP contribution >= 0.6 is 0 Å². The van der Waals surface area contributed by atoms with Crippen LogP contribution in [0.5, 0.6) is 5.75 Å². The van der Waals surface area contributed by atoms with Crippen LogP contribution in [0.15, 0.2) is 66.2 Å². The summed E-state index contributed by atoms with van der Waals surface area (Å²) >= 11 is 0. The van der Waals surface area contributed by atoms with Gasteiger partial charge in [0, 0.05) is 6.54 Å². The topological polar surface area (TPSA) is 64.6 Å². The lowest BCUT2D eigenvalue weighted by Gasteiger charge is -2.16. The van der Waals surface area contributed by atoms with Crippen molar-refractivity contribution in [3.8, 4) is 5.75 Å². The third-order valence-electron chi connectivity index (χ3n) is 5.12. The van der Waals surface area contributed by atoms with E-state index in [1.165, 1.54) is 18.4 Å². The Labute approximate surface area is 178 Å². The molecule has 0 saturated carbocycles. The van der Waals surface area contributed by atoms with E-state index in [-0.39, 0.29) is 5.91 Å². The molecule has 5 nitrogen and oxygen atoms in total. The van der Waals surface area contributed by atoms with E-state index in [4.69, 9.17) is 9.47 Å². The van der Waals surface area contributed by atoms with E-state index in [1.54, 1.807) is 31.2 Å². The van der Waals surface area contributed by atoms with E-state index in [0.29, 0.717) is 24.5 Å². The zero-order valence-electron chi connectivity index (χ0n) is 17.4. The monoisotopic (exact) mass is 407 g/mol. The van der Waals surface area contributed by atoms with Gasteiger partial charge in [-0.05, 0) is 68.9 Å².